The zero-order chi connectivity index (χ0) is 18.2. The van der Waals surface area contributed by atoms with Gasteiger partial charge >= 0.3 is 6.09 Å². The van der Waals surface area contributed by atoms with E-state index in [1.165, 1.54) is 13.2 Å². The van der Waals surface area contributed by atoms with Gasteiger partial charge in [-0.05, 0) is 41.7 Å². The molecule has 0 fully saturated rings. The number of fused-ring (bicyclic) bond motifs is 1. The van der Waals surface area contributed by atoms with Crippen LogP contribution in [0.5, 0.6) is 5.75 Å². The third-order valence-electron chi connectivity index (χ3n) is 4.90. The smallest absolute Gasteiger partial charge is 0.405 e. The lowest BCUT2D eigenvalue weighted by Gasteiger charge is -2.39. The fourth-order valence-corrected chi connectivity index (χ4v) is 3.45. The minimum atomic E-state index is -0.781. The molecular formula is C20H22FNO3. The van der Waals surface area contributed by atoms with E-state index in [0.29, 0.717) is 11.3 Å². The summed E-state index contributed by atoms with van der Waals surface area (Å²) in [6.07, 6.45) is 0.513. The van der Waals surface area contributed by atoms with E-state index in [-0.39, 0.29) is 11.2 Å². The van der Waals surface area contributed by atoms with Crippen LogP contribution in [0.15, 0.2) is 36.4 Å². The number of aryl methyl sites for hydroxylation is 1. The molecule has 2 N–H and O–H groups in total. The highest BCUT2D eigenvalue weighted by Crippen LogP contribution is 2.46. The quantitative estimate of drug-likeness (QED) is 0.885. The Kier molecular flexibility index (Phi) is 4.41. The Hall–Kier alpha value is -2.56. The normalized spacial score (nSPS) is 18.3. The first-order valence-electron chi connectivity index (χ1n) is 8.24. The van der Waals surface area contributed by atoms with Gasteiger partial charge in [-0.1, -0.05) is 32.0 Å². The maximum atomic E-state index is 14.4. The molecule has 0 saturated heterocycles. The summed E-state index contributed by atoms with van der Waals surface area (Å²) in [4.78, 5) is 11.3. The highest BCUT2D eigenvalue weighted by molar-refractivity contribution is 5.68. The Balaban J connectivity index is 2.02. The fraction of sp³-hybridized carbons (Fsp3) is 0.350. The average molecular weight is 343 g/mol. The largest absolute Gasteiger partial charge is 0.497 e. The number of rotatable bonds is 3. The number of carbonyl (C=O) groups is 1. The molecule has 2 aromatic carbocycles. The van der Waals surface area contributed by atoms with Crippen molar-refractivity contribution in [1.29, 1.82) is 0 Å². The number of nitrogens with two attached hydrogens (primary N) is 1. The number of carbonyl (C=O) groups excluding carboxylic acids is 1. The second-order valence-electron chi connectivity index (χ2n) is 7.06. The Labute approximate surface area is 146 Å². The van der Waals surface area contributed by atoms with Gasteiger partial charge in [0.1, 0.15) is 17.7 Å². The zero-order valence-corrected chi connectivity index (χ0v) is 14.6. The van der Waals surface area contributed by atoms with E-state index in [4.69, 9.17) is 15.2 Å². The maximum Gasteiger partial charge on any atom is 0.405 e. The van der Waals surface area contributed by atoms with E-state index >= 15 is 0 Å². The van der Waals surface area contributed by atoms with Gasteiger partial charge in [-0.25, -0.2) is 9.18 Å². The van der Waals surface area contributed by atoms with E-state index in [9.17, 15) is 9.18 Å². The number of benzene rings is 2. The highest BCUT2D eigenvalue weighted by Gasteiger charge is 2.38. The lowest BCUT2D eigenvalue weighted by atomic mass is 9.71. The van der Waals surface area contributed by atoms with Crippen LogP contribution in [0.1, 0.15) is 37.5 Å². The Morgan fingerprint density at radius 2 is 2.00 bits per heavy atom. The molecule has 3 rings (SSSR count). The molecule has 5 heteroatoms. The van der Waals surface area contributed by atoms with Crippen molar-refractivity contribution in [3.05, 3.63) is 53.3 Å². The summed E-state index contributed by atoms with van der Waals surface area (Å²) in [5.41, 5.74) is 8.34. The summed E-state index contributed by atoms with van der Waals surface area (Å²) < 4.78 is 24.8. The number of hydrogen-bond acceptors (Lipinski definition) is 3. The summed E-state index contributed by atoms with van der Waals surface area (Å²) >= 11 is 0. The first-order valence-corrected chi connectivity index (χ1v) is 8.24. The van der Waals surface area contributed by atoms with Crippen LogP contribution in [0.25, 0.3) is 11.1 Å². The minimum absolute atomic E-state index is 0.199. The lowest BCUT2D eigenvalue weighted by molar-refractivity contribution is 0.0147. The molecule has 0 unspecified atom stereocenters. The molecule has 4 nitrogen and oxygen atoms in total. The van der Waals surface area contributed by atoms with E-state index in [1.54, 1.807) is 12.1 Å². The molecule has 0 aromatic heterocycles. The van der Waals surface area contributed by atoms with Gasteiger partial charge in [0.15, 0.2) is 0 Å². The third-order valence-corrected chi connectivity index (χ3v) is 4.90. The van der Waals surface area contributed by atoms with Crippen molar-refractivity contribution >= 4 is 6.09 Å². The fourth-order valence-electron chi connectivity index (χ4n) is 3.45. The predicted octanol–water partition coefficient (Wildman–Crippen LogP) is 4.61. The second-order valence-corrected chi connectivity index (χ2v) is 7.06. The molecule has 0 bridgehead atoms. The first kappa shape index (κ1) is 17.3. The van der Waals surface area contributed by atoms with Crippen LogP contribution in [0.4, 0.5) is 9.18 Å². The van der Waals surface area contributed by atoms with Crippen molar-refractivity contribution < 1.29 is 18.7 Å². The third kappa shape index (κ3) is 3.31. The zero-order valence-electron chi connectivity index (χ0n) is 14.6. The lowest BCUT2D eigenvalue weighted by Crippen LogP contribution is -2.33. The number of primary amides is 1. The Bertz CT molecular complexity index is 817. The van der Waals surface area contributed by atoms with Gasteiger partial charge in [0, 0.05) is 17.0 Å². The van der Waals surface area contributed by atoms with Crippen molar-refractivity contribution in [1.82, 2.24) is 0 Å². The van der Waals surface area contributed by atoms with Crippen LogP contribution >= 0.6 is 0 Å². The maximum absolute atomic E-state index is 14.4. The summed E-state index contributed by atoms with van der Waals surface area (Å²) in [6.45, 7) is 4.11. The van der Waals surface area contributed by atoms with E-state index < -0.39 is 12.2 Å². The van der Waals surface area contributed by atoms with Gasteiger partial charge in [-0.3, -0.25) is 0 Å². The van der Waals surface area contributed by atoms with Gasteiger partial charge in [0.25, 0.3) is 0 Å². The monoisotopic (exact) mass is 343 g/mol. The van der Waals surface area contributed by atoms with Crippen LogP contribution in [0.2, 0.25) is 0 Å². The molecule has 0 aliphatic heterocycles. The van der Waals surface area contributed by atoms with Crippen molar-refractivity contribution in [2.24, 2.45) is 11.1 Å². The molecule has 25 heavy (non-hydrogen) atoms. The molecule has 1 aliphatic carbocycles. The van der Waals surface area contributed by atoms with Crippen molar-refractivity contribution in [3.63, 3.8) is 0 Å². The molecule has 0 saturated carbocycles. The van der Waals surface area contributed by atoms with Crippen LogP contribution in [0, 0.1) is 11.2 Å². The Morgan fingerprint density at radius 1 is 1.24 bits per heavy atom. The second kappa shape index (κ2) is 6.39. The molecule has 0 radical (unpaired) electrons. The summed E-state index contributed by atoms with van der Waals surface area (Å²) in [6, 6.07) is 10.5. The topological polar surface area (TPSA) is 61.6 Å². The molecule has 1 atom stereocenters. The molecule has 0 heterocycles. The van der Waals surface area contributed by atoms with Gasteiger partial charge in [0.05, 0.1) is 7.11 Å². The Morgan fingerprint density at radius 3 is 2.64 bits per heavy atom. The van der Waals surface area contributed by atoms with Crippen molar-refractivity contribution in [2.45, 2.75) is 32.8 Å². The molecule has 2 aromatic rings. The summed E-state index contributed by atoms with van der Waals surface area (Å²) in [7, 11) is 1.51. The first-order chi connectivity index (χ1) is 11.8. The molecule has 0 spiro atoms. The van der Waals surface area contributed by atoms with Crippen LogP contribution in [0.3, 0.4) is 0 Å². The van der Waals surface area contributed by atoms with Crippen molar-refractivity contribution in [2.75, 3.05) is 7.11 Å². The number of methoxy groups -OCH3 is 1. The van der Waals surface area contributed by atoms with Crippen LogP contribution in [-0.2, 0) is 11.2 Å². The van der Waals surface area contributed by atoms with Gasteiger partial charge in [-0.2, -0.15) is 0 Å². The van der Waals surface area contributed by atoms with Crippen LogP contribution in [-0.4, -0.2) is 13.2 Å². The number of ether oxygens (including phenoxy) is 2. The number of hydrogen-bond donors (Lipinski definition) is 1. The summed E-state index contributed by atoms with van der Waals surface area (Å²) in [5, 5.41) is 0. The minimum Gasteiger partial charge on any atom is -0.497 e. The number of halogens is 1. The molecular weight excluding hydrogens is 321 g/mol. The van der Waals surface area contributed by atoms with E-state index in [1.807, 2.05) is 18.2 Å². The highest BCUT2D eigenvalue weighted by atomic mass is 19.1. The molecule has 1 aliphatic rings. The SMILES string of the molecule is COc1ccc(-c2ccc3c(c2)CCC(C)(C)[C@H]3OC(N)=O)c(F)c1. The molecule has 1 amide bonds. The van der Waals surface area contributed by atoms with Gasteiger partial charge in [0.2, 0.25) is 0 Å². The van der Waals surface area contributed by atoms with E-state index in [0.717, 1.165) is 29.5 Å². The number of amides is 1. The van der Waals surface area contributed by atoms with Crippen molar-refractivity contribution in [3.8, 4) is 16.9 Å². The van der Waals surface area contributed by atoms with Crippen LogP contribution < -0.4 is 10.5 Å². The molecule has 132 valence electrons. The van der Waals surface area contributed by atoms with Gasteiger partial charge < -0.3 is 15.2 Å². The predicted molar refractivity (Wildman–Crippen MR) is 93.9 cm³/mol. The average Bonchev–Trinajstić information content (AvgIpc) is 2.57. The standard InChI is InChI=1S/C20H22FNO3/c1-20(2)9-8-13-10-12(4-6-16(13)18(20)25-19(22)23)15-7-5-14(24-3)11-17(15)21/h4-7,10-11,18H,8-9H2,1-3H3,(H2,22,23)/t18-/m0/s1. The summed E-state index contributed by atoms with van der Waals surface area (Å²) in [5.74, 6) is 0.149. The van der Waals surface area contributed by atoms with Gasteiger partial charge in [-0.15, -0.1) is 0 Å². The van der Waals surface area contributed by atoms with E-state index in [2.05, 4.69) is 13.8 Å².